The summed E-state index contributed by atoms with van der Waals surface area (Å²) in [7, 11) is 1.26. The molecule has 0 saturated carbocycles. The predicted octanol–water partition coefficient (Wildman–Crippen LogP) is -0.713. The fraction of sp³-hybridized carbons (Fsp3) is 0.500. The molecule has 9 heavy (non-hydrogen) atoms. The molecular weight excluding hydrogens is 122 g/mol. The van der Waals surface area contributed by atoms with Crippen molar-refractivity contribution < 1.29 is 9.53 Å². The quantitative estimate of drug-likeness (QED) is 0.384. The first kappa shape index (κ1) is 7.90. The lowest BCUT2D eigenvalue weighted by molar-refractivity contribution is 0.171. The summed E-state index contributed by atoms with van der Waals surface area (Å²) < 4.78 is 4.19. The molecule has 0 radical (unpaired) electrons. The van der Waals surface area contributed by atoms with Gasteiger partial charge in [0.05, 0.1) is 7.11 Å². The van der Waals surface area contributed by atoms with Gasteiger partial charge in [-0.1, -0.05) is 0 Å². The SMILES string of the molecule is COC(=O)N/N=C/CN. The fourth-order valence-electron chi connectivity index (χ4n) is 0.197. The van der Waals surface area contributed by atoms with Crippen molar-refractivity contribution >= 4 is 12.3 Å². The van der Waals surface area contributed by atoms with E-state index in [1.807, 2.05) is 0 Å². The van der Waals surface area contributed by atoms with E-state index in [-0.39, 0.29) is 0 Å². The van der Waals surface area contributed by atoms with Crippen LogP contribution in [-0.4, -0.2) is 26.0 Å². The molecule has 0 heterocycles. The number of methoxy groups -OCH3 is 1. The number of amides is 1. The van der Waals surface area contributed by atoms with Gasteiger partial charge >= 0.3 is 6.09 Å². The largest absolute Gasteiger partial charge is 0.452 e. The topological polar surface area (TPSA) is 76.7 Å². The number of nitrogens with two attached hydrogens (primary N) is 1. The highest BCUT2D eigenvalue weighted by atomic mass is 16.5. The van der Waals surface area contributed by atoms with Crippen molar-refractivity contribution in [1.82, 2.24) is 5.43 Å². The van der Waals surface area contributed by atoms with Gasteiger partial charge in [0.1, 0.15) is 0 Å². The van der Waals surface area contributed by atoms with Gasteiger partial charge in [0.15, 0.2) is 0 Å². The van der Waals surface area contributed by atoms with Crippen molar-refractivity contribution in [2.24, 2.45) is 10.8 Å². The van der Waals surface area contributed by atoms with E-state index in [0.29, 0.717) is 6.54 Å². The first-order chi connectivity index (χ1) is 4.31. The van der Waals surface area contributed by atoms with Crippen molar-refractivity contribution in [2.75, 3.05) is 13.7 Å². The number of rotatable bonds is 2. The Morgan fingerprint density at radius 1 is 2.00 bits per heavy atom. The summed E-state index contributed by atoms with van der Waals surface area (Å²) in [4.78, 5) is 10.2. The highest BCUT2D eigenvalue weighted by molar-refractivity contribution is 5.69. The summed E-state index contributed by atoms with van der Waals surface area (Å²) >= 11 is 0. The molecule has 0 aliphatic carbocycles. The maximum atomic E-state index is 10.2. The molecule has 0 saturated heterocycles. The molecule has 0 atom stereocenters. The Labute approximate surface area is 52.9 Å². The molecule has 0 fully saturated rings. The average Bonchev–Trinajstić information content (AvgIpc) is 1.89. The van der Waals surface area contributed by atoms with Crippen LogP contribution in [0, 0.1) is 0 Å². The maximum Gasteiger partial charge on any atom is 0.427 e. The molecule has 52 valence electrons. The van der Waals surface area contributed by atoms with E-state index in [0.717, 1.165) is 0 Å². The van der Waals surface area contributed by atoms with Crippen molar-refractivity contribution in [3.05, 3.63) is 0 Å². The summed E-state index contributed by atoms with van der Waals surface area (Å²) in [6.45, 7) is 0.296. The molecule has 0 aromatic heterocycles. The van der Waals surface area contributed by atoms with Crippen molar-refractivity contribution in [3.8, 4) is 0 Å². The average molecular weight is 131 g/mol. The highest BCUT2D eigenvalue weighted by Crippen LogP contribution is 1.67. The minimum atomic E-state index is -0.597. The molecule has 0 aliphatic heterocycles. The van der Waals surface area contributed by atoms with Crippen LogP contribution in [0.4, 0.5) is 4.79 Å². The second-order valence-corrected chi connectivity index (χ2v) is 1.15. The van der Waals surface area contributed by atoms with Crippen LogP contribution in [0.1, 0.15) is 0 Å². The standard InChI is InChI=1S/C4H9N3O2/c1-9-4(8)7-6-3-2-5/h3H,2,5H2,1H3,(H,7,8)/b6-3+. The third-order valence-electron chi connectivity index (χ3n) is 0.538. The zero-order valence-corrected chi connectivity index (χ0v) is 5.13. The lowest BCUT2D eigenvalue weighted by Crippen LogP contribution is -2.17. The summed E-state index contributed by atoms with van der Waals surface area (Å²) in [6, 6.07) is 0. The van der Waals surface area contributed by atoms with E-state index in [9.17, 15) is 4.79 Å². The number of nitrogens with one attached hydrogen (secondary N) is 1. The molecule has 5 nitrogen and oxygen atoms in total. The lowest BCUT2D eigenvalue weighted by atomic mass is 10.8. The molecule has 0 unspecified atom stereocenters. The van der Waals surface area contributed by atoms with E-state index in [1.165, 1.54) is 13.3 Å². The molecule has 0 aliphatic rings. The number of carbonyl (C=O) groups excluding carboxylic acids is 1. The van der Waals surface area contributed by atoms with E-state index in [4.69, 9.17) is 5.73 Å². The van der Waals surface area contributed by atoms with Gasteiger partial charge in [0.25, 0.3) is 0 Å². The number of hydrogen-bond donors (Lipinski definition) is 2. The summed E-state index contributed by atoms with van der Waals surface area (Å²) in [5, 5.41) is 3.39. The van der Waals surface area contributed by atoms with Crippen LogP contribution in [0.3, 0.4) is 0 Å². The predicted molar refractivity (Wildman–Crippen MR) is 33.1 cm³/mol. The Balaban J connectivity index is 3.26. The van der Waals surface area contributed by atoms with Gasteiger partial charge in [-0.25, -0.2) is 10.2 Å². The summed E-state index contributed by atoms with van der Waals surface area (Å²) in [5.41, 5.74) is 7.08. The summed E-state index contributed by atoms with van der Waals surface area (Å²) in [6.07, 6.45) is 0.761. The highest BCUT2D eigenvalue weighted by Gasteiger charge is 1.90. The molecule has 0 bridgehead atoms. The molecule has 0 aromatic carbocycles. The minimum absolute atomic E-state index is 0.296. The smallest absolute Gasteiger partial charge is 0.427 e. The Kier molecular flexibility index (Phi) is 4.43. The molecule has 1 amide bonds. The van der Waals surface area contributed by atoms with Gasteiger partial charge in [0, 0.05) is 12.8 Å². The van der Waals surface area contributed by atoms with Crippen LogP contribution < -0.4 is 11.2 Å². The van der Waals surface area contributed by atoms with E-state index in [1.54, 1.807) is 0 Å². The van der Waals surface area contributed by atoms with E-state index in [2.05, 4.69) is 15.3 Å². The van der Waals surface area contributed by atoms with Crippen molar-refractivity contribution in [3.63, 3.8) is 0 Å². The molecule has 3 N–H and O–H groups in total. The Morgan fingerprint density at radius 3 is 3.11 bits per heavy atom. The Hall–Kier alpha value is -1.10. The second-order valence-electron chi connectivity index (χ2n) is 1.15. The number of hydrogen-bond acceptors (Lipinski definition) is 4. The zero-order valence-electron chi connectivity index (χ0n) is 5.13. The number of ether oxygens (including phenoxy) is 1. The number of hydrazone groups is 1. The van der Waals surface area contributed by atoms with Gasteiger partial charge in [0.2, 0.25) is 0 Å². The van der Waals surface area contributed by atoms with Gasteiger partial charge in [-0.05, 0) is 0 Å². The minimum Gasteiger partial charge on any atom is -0.452 e. The Morgan fingerprint density at radius 2 is 2.67 bits per heavy atom. The van der Waals surface area contributed by atoms with Crippen LogP contribution in [0.15, 0.2) is 5.10 Å². The molecule has 0 spiro atoms. The van der Waals surface area contributed by atoms with Crippen LogP contribution in [-0.2, 0) is 4.74 Å². The molecule has 0 rings (SSSR count). The maximum absolute atomic E-state index is 10.2. The van der Waals surface area contributed by atoms with Crippen molar-refractivity contribution in [1.29, 1.82) is 0 Å². The van der Waals surface area contributed by atoms with Crippen LogP contribution in [0.25, 0.3) is 0 Å². The fourth-order valence-corrected chi connectivity index (χ4v) is 0.197. The zero-order chi connectivity index (χ0) is 7.11. The number of nitrogens with zero attached hydrogens (tertiary/aromatic N) is 1. The monoisotopic (exact) mass is 131 g/mol. The first-order valence-corrected chi connectivity index (χ1v) is 2.36. The lowest BCUT2D eigenvalue weighted by Gasteiger charge is -1.93. The van der Waals surface area contributed by atoms with Crippen LogP contribution >= 0.6 is 0 Å². The third-order valence-corrected chi connectivity index (χ3v) is 0.538. The van der Waals surface area contributed by atoms with Crippen LogP contribution in [0.2, 0.25) is 0 Å². The van der Waals surface area contributed by atoms with Crippen molar-refractivity contribution in [2.45, 2.75) is 0 Å². The normalized spacial score (nSPS) is 9.56. The van der Waals surface area contributed by atoms with Gasteiger partial charge in [-0.3, -0.25) is 0 Å². The Bertz CT molecular complexity index is 112. The molecular formula is C4H9N3O2. The third kappa shape index (κ3) is 4.76. The van der Waals surface area contributed by atoms with Gasteiger partial charge < -0.3 is 10.5 Å². The van der Waals surface area contributed by atoms with E-state index < -0.39 is 6.09 Å². The van der Waals surface area contributed by atoms with Gasteiger partial charge in [-0.15, -0.1) is 0 Å². The van der Waals surface area contributed by atoms with E-state index >= 15 is 0 Å². The van der Waals surface area contributed by atoms with Crippen LogP contribution in [0.5, 0.6) is 0 Å². The summed E-state index contributed by atoms with van der Waals surface area (Å²) in [5.74, 6) is 0. The first-order valence-electron chi connectivity index (χ1n) is 2.36. The number of carbonyl (C=O) groups is 1. The second kappa shape index (κ2) is 5.04. The molecule has 5 heteroatoms. The van der Waals surface area contributed by atoms with Gasteiger partial charge in [-0.2, -0.15) is 5.10 Å². The molecule has 0 aromatic rings.